The molecule has 3 rings (SSSR count). The Kier molecular flexibility index (Phi) is 1.88. The minimum Gasteiger partial charge on any atom is -0.393 e. The Labute approximate surface area is 79.9 Å². The molecule has 2 aliphatic carbocycles. The summed E-state index contributed by atoms with van der Waals surface area (Å²) in [6, 6.07) is 0.900. The molecule has 74 valence electrons. The number of hydrogen-bond acceptors (Lipinski definition) is 2. The van der Waals surface area contributed by atoms with Gasteiger partial charge >= 0.3 is 0 Å². The van der Waals surface area contributed by atoms with Crippen LogP contribution in [-0.2, 0) is 0 Å². The molecule has 1 N–H and O–H groups in total. The average Bonchev–Trinajstić information content (AvgIpc) is 2.81. The Bertz CT molecular complexity index is 198. The Morgan fingerprint density at radius 2 is 1.77 bits per heavy atom. The van der Waals surface area contributed by atoms with Gasteiger partial charge < -0.3 is 5.11 Å². The first-order valence-corrected chi connectivity index (χ1v) is 5.77. The van der Waals surface area contributed by atoms with Crippen LogP contribution >= 0.6 is 0 Å². The maximum atomic E-state index is 9.42. The molecular weight excluding hydrogens is 162 g/mol. The van der Waals surface area contributed by atoms with Gasteiger partial charge in [0.1, 0.15) is 0 Å². The third kappa shape index (κ3) is 1.40. The van der Waals surface area contributed by atoms with E-state index >= 15 is 0 Å². The van der Waals surface area contributed by atoms with Gasteiger partial charge in [0.15, 0.2) is 0 Å². The second-order valence-corrected chi connectivity index (χ2v) is 5.07. The number of aliphatic hydroxyl groups excluding tert-OH is 1. The van der Waals surface area contributed by atoms with Gasteiger partial charge in [0.2, 0.25) is 0 Å². The number of likely N-dealkylation sites (tertiary alicyclic amines) is 1. The fourth-order valence-electron chi connectivity index (χ4n) is 3.34. The fourth-order valence-corrected chi connectivity index (χ4v) is 3.34. The Morgan fingerprint density at radius 3 is 2.31 bits per heavy atom. The van der Waals surface area contributed by atoms with Crippen molar-refractivity contribution in [1.82, 2.24) is 4.90 Å². The Morgan fingerprint density at radius 1 is 1.00 bits per heavy atom. The van der Waals surface area contributed by atoms with Gasteiger partial charge in [-0.2, -0.15) is 0 Å². The molecule has 1 heterocycles. The highest BCUT2D eigenvalue weighted by atomic mass is 16.3. The molecule has 2 heteroatoms. The van der Waals surface area contributed by atoms with Crippen LogP contribution in [0.4, 0.5) is 0 Å². The van der Waals surface area contributed by atoms with Crippen LogP contribution in [0.3, 0.4) is 0 Å². The van der Waals surface area contributed by atoms with Crippen LogP contribution in [0, 0.1) is 11.8 Å². The number of hydrogen-bond donors (Lipinski definition) is 1. The zero-order chi connectivity index (χ0) is 8.84. The SMILES string of the molecule is OC1CCN(C2CCC3CC32)CC1. The Hall–Kier alpha value is -0.0800. The highest BCUT2D eigenvalue weighted by Crippen LogP contribution is 2.53. The van der Waals surface area contributed by atoms with Crippen LogP contribution in [0.1, 0.15) is 32.1 Å². The molecule has 0 spiro atoms. The van der Waals surface area contributed by atoms with Crippen molar-refractivity contribution in [3.05, 3.63) is 0 Å². The maximum Gasteiger partial charge on any atom is 0.0564 e. The largest absolute Gasteiger partial charge is 0.393 e. The van der Waals surface area contributed by atoms with Gasteiger partial charge in [-0.15, -0.1) is 0 Å². The van der Waals surface area contributed by atoms with Crippen molar-refractivity contribution in [3.8, 4) is 0 Å². The van der Waals surface area contributed by atoms with Gasteiger partial charge in [-0.25, -0.2) is 0 Å². The monoisotopic (exact) mass is 181 g/mol. The van der Waals surface area contributed by atoms with Crippen molar-refractivity contribution in [2.45, 2.75) is 44.2 Å². The summed E-state index contributed by atoms with van der Waals surface area (Å²) in [4.78, 5) is 2.64. The predicted octanol–water partition coefficient (Wildman–Crippen LogP) is 1.24. The van der Waals surface area contributed by atoms with E-state index in [0.717, 1.165) is 43.8 Å². The molecule has 13 heavy (non-hydrogen) atoms. The van der Waals surface area contributed by atoms with Gasteiger partial charge in [0.05, 0.1) is 6.10 Å². The van der Waals surface area contributed by atoms with Crippen LogP contribution in [0.15, 0.2) is 0 Å². The van der Waals surface area contributed by atoms with Crippen molar-refractivity contribution in [3.63, 3.8) is 0 Å². The molecule has 3 aliphatic rings. The first-order valence-electron chi connectivity index (χ1n) is 5.77. The second kappa shape index (κ2) is 2.96. The molecule has 0 bridgehead atoms. The molecule has 1 aliphatic heterocycles. The van der Waals surface area contributed by atoms with Crippen molar-refractivity contribution in [2.75, 3.05) is 13.1 Å². The summed E-state index contributed by atoms with van der Waals surface area (Å²) in [6.07, 6.45) is 6.43. The third-order valence-electron chi connectivity index (χ3n) is 4.27. The van der Waals surface area contributed by atoms with Crippen molar-refractivity contribution in [1.29, 1.82) is 0 Å². The second-order valence-electron chi connectivity index (χ2n) is 5.07. The molecule has 0 aromatic rings. The molecule has 0 aromatic carbocycles. The summed E-state index contributed by atoms with van der Waals surface area (Å²) in [5.41, 5.74) is 0. The van der Waals surface area contributed by atoms with E-state index in [0.29, 0.717) is 0 Å². The first-order chi connectivity index (χ1) is 6.34. The molecule has 0 radical (unpaired) electrons. The van der Waals surface area contributed by atoms with Gasteiger partial charge in [0.25, 0.3) is 0 Å². The highest BCUT2D eigenvalue weighted by Gasteiger charge is 2.50. The smallest absolute Gasteiger partial charge is 0.0564 e. The topological polar surface area (TPSA) is 23.5 Å². The van der Waals surface area contributed by atoms with Crippen LogP contribution in [-0.4, -0.2) is 35.2 Å². The van der Waals surface area contributed by atoms with Crippen LogP contribution in [0.2, 0.25) is 0 Å². The van der Waals surface area contributed by atoms with Gasteiger partial charge in [-0.1, -0.05) is 0 Å². The maximum absolute atomic E-state index is 9.42. The quantitative estimate of drug-likeness (QED) is 0.658. The van der Waals surface area contributed by atoms with E-state index in [1.807, 2.05) is 0 Å². The average molecular weight is 181 g/mol. The summed E-state index contributed by atoms with van der Waals surface area (Å²) in [5.74, 6) is 2.15. The van der Waals surface area contributed by atoms with Crippen LogP contribution in [0.5, 0.6) is 0 Å². The normalized spacial score (nSPS) is 46.4. The van der Waals surface area contributed by atoms with E-state index < -0.39 is 0 Å². The van der Waals surface area contributed by atoms with E-state index in [4.69, 9.17) is 0 Å². The molecule has 3 fully saturated rings. The lowest BCUT2D eigenvalue weighted by Gasteiger charge is -2.35. The molecule has 0 aromatic heterocycles. The Balaban J connectivity index is 1.59. The molecule has 2 saturated carbocycles. The number of piperidine rings is 1. The van der Waals surface area contributed by atoms with E-state index in [1.165, 1.54) is 19.3 Å². The fraction of sp³-hybridized carbons (Fsp3) is 1.00. The van der Waals surface area contributed by atoms with Gasteiger partial charge in [-0.3, -0.25) is 4.90 Å². The molecule has 3 atom stereocenters. The highest BCUT2D eigenvalue weighted by molar-refractivity contribution is 5.02. The minimum atomic E-state index is -0.00680. The predicted molar refractivity (Wildman–Crippen MR) is 51.4 cm³/mol. The van der Waals surface area contributed by atoms with E-state index in [2.05, 4.69) is 4.90 Å². The summed E-state index contributed by atoms with van der Waals surface area (Å²) in [5, 5.41) is 9.42. The van der Waals surface area contributed by atoms with E-state index in [1.54, 1.807) is 0 Å². The summed E-state index contributed by atoms with van der Waals surface area (Å²) in [6.45, 7) is 2.30. The number of fused-ring (bicyclic) bond motifs is 1. The van der Waals surface area contributed by atoms with Crippen molar-refractivity contribution in [2.24, 2.45) is 11.8 Å². The summed E-state index contributed by atoms with van der Waals surface area (Å²) >= 11 is 0. The number of nitrogens with zero attached hydrogens (tertiary/aromatic N) is 1. The molecule has 3 unspecified atom stereocenters. The zero-order valence-corrected chi connectivity index (χ0v) is 8.15. The standard InChI is InChI=1S/C11H19NO/c13-9-3-5-12(6-4-9)11-2-1-8-7-10(8)11/h8-11,13H,1-7H2. The van der Waals surface area contributed by atoms with Gasteiger partial charge in [0, 0.05) is 19.1 Å². The van der Waals surface area contributed by atoms with Crippen LogP contribution in [0.25, 0.3) is 0 Å². The molecule has 2 nitrogen and oxygen atoms in total. The summed E-state index contributed by atoms with van der Waals surface area (Å²) in [7, 11) is 0. The lowest BCUT2D eigenvalue weighted by Crippen LogP contribution is -2.42. The molecule has 0 amide bonds. The number of aliphatic hydroxyl groups is 1. The minimum absolute atomic E-state index is 0.00680. The third-order valence-corrected chi connectivity index (χ3v) is 4.27. The van der Waals surface area contributed by atoms with Gasteiger partial charge in [-0.05, 0) is 43.9 Å². The first kappa shape index (κ1) is 8.25. The zero-order valence-electron chi connectivity index (χ0n) is 8.15. The van der Waals surface area contributed by atoms with Crippen LogP contribution < -0.4 is 0 Å². The number of rotatable bonds is 1. The van der Waals surface area contributed by atoms with E-state index in [-0.39, 0.29) is 6.10 Å². The lowest BCUT2D eigenvalue weighted by atomic mass is 10.0. The summed E-state index contributed by atoms with van der Waals surface area (Å²) < 4.78 is 0. The van der Waals surface area contributed by atoms with Crippen molar-refractivity contribution < 1.29 is 5.11 Å². The van der Waals surface area contributed by atoms with E-state index in [9.17, 15) is 5.11 Å². The van der Waals surface area contributed by atoms with Crippen molar-refractivity contribution >= 4 is 0 Å². The lowest BCUT2D eigenvalue weighted by molar-refractivity contribution is 0.0568. The molecular formula is C11H19NO. The molecule has 1 saturated heterocycles.